The third-order valence-corrected chi connectivity index (χ3v) is 3.10. The Kier molecular flexibility index (Phi) is 5.53. The van der Waals surface area contributed by atoms with Gasteiger partial charge in [0.05, 0.1) is 5.69 Å². The van der Waals surface area contributed by atoms with Gasteiger partial charge in [-0.1, -0.05) is 39.3 Å². The molecule has 0 saturated carbocycles. The summed E-state index contributed by atoms with van der Waals surface area (Å²) in [5.41, 5.74) is 2.38. The number of hydrogen-bond donors (Lipinski definition) is 1. The highest BCUT2D eigenvalue weighted by molar-refractivity contribution is 5.22. The monoisotopic (exact) mass is 224 g/mol. The van der Waals surface area contributed by atoms with Crippen LogP contribution in [0.2, 0.25) is 0 Å². The summed E-state index contributed by atoms with van der Waals surface area (Å²) < 4.78 is 5.33. The molecule has 1 atom stereocenters. The van der Waals surface area contributed by atoms with E-state index in [4.69, 9.17) is 4.52 Å². The summed E-state index contributed by atoms with van der Waals surface area (Å²) in [7, 11) is 0. The molecular weight excluding hydrogens is 200 g/mol. The van der Waals surface area contributed by atoms with E-state index in [1.807, 2.05) is 0 Å². The second kappa shape index (κ2) is 6.69. The Bertz CT molecular complexity index is 285. The topological polar surface area (TPSA) is 38.1 Å². The lowest BCUT2D eigenvalue weighted by Gasteiger charge is -2.10. The molecule has 16 heavy (non-hydrogen) atoms. The highest BCUT2D eigenvalue weighted by Gasteiger charge is 2.12. The first-order chi connectivity index (χ1) is 7.72. The van der Waals surface area contributed by atoms with Gasteiger partial charge in [-0.2, -0.15) is 0 Å². The Morgan fingerprint density at radius 2 is 2.00 bits per heavy atom. The molecular formula is C13H24N2O. The van der Waals surface area contributed by atoms with Gasteiger partial charge < -0.3 is 9.84 Å². The lowest BCUT2D eigenvalue weighted by molar-refractivity contribution is 0.379. The second-order valence-corrected chi connectivity index (χ2v) is 4.38. The van der Waals surface area contributed by atoms with E-state index in [2.05, 4.69) is 38.2 Å². The van der Waals surface area contributed by atoms with Gasteiger partial charge in [0.15, 0.2) is 0 Å². The Balaban J connectivity index is 2.54. The van der Waals surface area contributed by atoms with Gasteiger partial charge in [0.2, 0.25) is 0 Å². The molecule has 1 unspecified atom stereocenters. The third kappa shape index (κ3) is 3.34. The number of aryl methyl sites for hydroxylation is 2. The van der Waals surface area contributed by atoms with Crippen LogP contribution in [0.5, 0.6) is 0 Å². The van der Waals surface area contributed by atoms with Crippen LogP contribution in [0.15, 0.2) is 4.52 Å². The fourth-order valence-electron chi connectivity index (χ4n) is 1.73. The molecule has 1 aromatic heterocycles. The van der Waals surface area contributed by atoms with Crippen LogP contribution in [0.4, 0.5) is 0 Å². The molecule has 3 nitrogen and oxygen atoms in total. The van der Waals surface area contributed by atoms with Crippen molar-refractivity contribution in [2.24, 2.45) is 5.92 Å². The molecule has 1 N–H and O–H groups in total. The molecule has 0 aliphatic heterocycles. The molecule has 0 amide bonds. The average Bonchev–Trinajstić information content (AvgIpc) is 2.71. The molecule has 0 saturated heterocycles. The van der Waals surface area contributed by atoms with E-state index in [0.717, 1.165) is 43.3 Å². The van der Waals surface area contributed by atoms with E-state index in [1.54, 1.807) is 0 Å². The fraction of sp³-hybridized carbons (Fsp3) is 0.769. The van der Waals surface area contributed by atoms with Gasteiger partial charge in [-0.25, -0.2) is 0 Å². The molecule has 0 spiro atoms. The zero-order valence-corrected chi connectivity index (χ0v) is 11.0. The summed E-state index contributed by atoms with van der Waals surface area (Å²) in [6.45, 7) is 10.7. The zero-order valence-electron chi connectivity index (χ0n) is 11.0. The number of hydrogen-bond acceptors (Lipinski definition) is 3. The van der Waals surface area contributed by atoms with Gasteiger partial charge in [0, 0.05) is 18.5 Å². The Morgan fingerprint density at radius 3 is 2.56 bits per heavy atom. The standard InChI is InChI=1S/C13H24N2O/c1-5-10(4)8-14-9-11-12(6-2)15-16-13(11)7-3/h10,14H,5-9H2,1-4H3. The Morgan fingerprint density at radius 1 is 1.25 bits per heavy atom. The minimum Gasteiger partial charge on any atom is -0.361 e. The van der Waals surface area contributed by atoms with E-state index in [0.29, 0.717) is 0 Å². The van der Waals surface area contributed by atoms with Crippen molar-refractivity contribution in [2.75, 3.05) is 6.54 Å². The lowest BCUT2D eigenvalue weighted by atomic mass is 10.1. The van der Waals surface area contributed by atoms with Crippen LogP contribution in [0.1, 0.15) is 51.1 Å². The van der Waals surface area contributed by atoms with Crippen molar-refractivity contribution < 1.29 is 4.52 Å². The van der Waals surface area contributed by atoms with E-state index < -0.39 is 0 Å². The van der Waals surface area contributed by atoms with Gasteiger partial charge >= 0.3 is 0 Å². The van der Waals surface area contributed by atoms with Crippen LogP contribution in [0, 0.1) is 5.92 Å². The van der Waals surface area contributed by atoms with Crippen LogP contribution >= 0.6 is 0 Å². The van der Waals surface area contributed by atoms with E-state index >= 15 is 0 Å². The van der Waals surface area contributed by atoms with E-state index in [9.17, 15) is 0 Å². The highest BCUT2D eigenvalue weighted by atomic mass is 16.5. The van der Waals surface area contributed by atoms with Crippen LogP contribution in [0.3, 0.4) is 0 Å². The van der Waals surface area contributed by atoms with Crippen molar-refractivity contribution in [1.29, 1.82) is 0 Å². The molecule has 0 aliphatic rings. The van der Waals surface area contributed by atoms with Gasteiger partial charge in [-0.3, -0.25) is 0 Å². The predicted octanol–water partition coefficient (Wildman–Crippen LogP) is 2.94. The van der Waals surface area contributed by atoms with Crippen molar-refractivity contribution in [3.8, 4) is 0 Å². The van der Waals surface area contributed by atoms with Gasteiger partial charge in [0.1, 0.15) is 5.76 Å². The fourth-order valence-corrected chi connectivity index (χ4v) is 1.73. The van der Waals surface area contributed by atoms with Crippen molar-refractivity contribution in [3.05, 3.63) is 17.0 Å². The summed E-state index contributed by atoms with van der Waals surface area (Å²) in [5.74, 6) is 1.77. The smallest absolute Gasteiger partial charge is 0.141 e. The Hall–Kier alpha value is -0.830. The van der Waals surface area contributed by atoms with Crippen LogP contribution < -0.4 is 5.32 Å². The van der Waals surface area contributed by atoms with Crippen molar-refractivity contribution in [1.82, 2.24) is 10.5 Å². The van der Waals surface area contributed by atoms with Crippen molar-refractivity contribution in [3.63, 3.8) is 0 Å². The maximum atomic E-state index is 5.33. The molecule has 92 valence electrons. The molecule has 3 heteroatoms. The van der Waals surface area contributed by atoms with Gasteiger partial charge in [0.25, 0.3) is 0 Å². The summed E-state index contributed by atoms with van der Waals surface area (Å²) in [6.07, 6.45) is 3.09. The maximum Gasteiger partial charge on any atom is 0.141 e. The largest absolute Gasteiger partial charge is 0.361 e. The molecule has 0 aliphatic carbocycles. The lowest BCUT2D eigenvalue weighted by Crippen LogP contribution is -2.21. The van der Waals surface area contributed by atoms with Gasteiger partial charge in [-0.05, 0) is 18.9 Å². The summed E-state index contributed by atoms with van der Waals surface area (Å²) >= 11 is 0. The minimum atomic E-state index is 0.731. The number of nitrogens with one attached hydrogen (secondary N) is 1. The quantitative estimate of drug-likeness (QED) is 0.774. The first-order valence-electron chi connectivity index (χ1n) is 6.39. The summed E-state index contributed by atoms with van der Waals surface area (Å²) in [5, 5.41) is 7.60. The number of aromatic nitrogens is 1. The zero-order chi connectivity index (χ0) is 12.0. The van der Waals surface area contributed by atoms with E-state index in [1.165, 1.54) is 12.0 Å². The van der Waals surface area contributed by atoms with E-state index in [-0.39, 0.29) is 0 Å². The third-order valence-electron chi connectivity index (χ3n) is 3.10. The first-order valence-corrected chi connectivity index (χ1v) is 6.39. The minimum absolute atomic E-state index is 0.731. The van der Waals surface area contributed by atoms with Gasteiger partial charge in [-0.15, -0.1) is 0 Å². The normalized spacial score (nSPS) is 13.0. The van der Waals surface area contributed by atoms with Crippen LogP contribution in [-0.4, -0.2) is 11.7 Å². The summed E-state index contributed by atoms with van der Waals surface area (Å²) in [4.78, 5) is 0. The second-order valence-electron chi connectivity index (χ2n) is 4.38. The van der Waals surface area contributed by atoms with Crippen LogP contribution in [0.25, 0.3) is 0 Å². The molecule has 0 radical (unpaired) electrons. The maximum absolute atomic E-state index is 5.33. The number of nitrogens with zero attached hydrogens (tertiary/aromatic N) is 1. The molecule has 1 rings (SSSR count). The Labute approximate surface area is 98.6 Å². The van der Waals surface area contributed by atoms with Crippen LogP contribution in [-0.2, 0) is 19.4 Å². The SMILES string of the molecule is CCc1noc(CC)c1CNCC(C)CC. The average molecular weight is 224 g/mol. The molecule has 0 fully saturated rings. The molecule has 1 heterocycles. The highest BCUT2D eigenvalue weighted by Crippen LogP contribution is 2.15. The first kappa shape index (κ1) is 13.2. The summed E-state index contributed by atoms with van der Waals surface area (Å²) in [6, 6.07) is 0. The molecule has 0 bridgehead atoms. The number of rotatable bonds is 7. The molecule has 1 aromatic rings. The molecule has 0 aromatic carbocycles. The predicted molar refractivity (Wildman–Crippen MR) is 66.4 cm³/mol. The van der Waals surface area contributed by atoms with Crippen molar-refractivity contribution >= 4 is 0 Å². The van der Waals surface area contributed by atoms with Crippen molar-refractivity contribution in [2.45, 2.75) is 53.5 Å².